The Morgan fingerprint density at radius 3 is 2.56 bits per heavy atom. The van der Waals surface area contributed by atoms with E-state index in [4.69, 9.17) is 0 Å². The molecule has 1 atom stereocenters. The molecule has 1 fully saturated rings. The first kappa shape index (κ1) is 15.9. The number of ketones is 1. The van der Waals surface area contributed by atoms with Crippen LogP contribution < -0.4 is 0 Å². The number of carboxylic acids is 1. The maximum Gasteiger partial charge on any atom is 0.332 e. The minimum absolute atomic E-state index is 0.145. The van der Waals surface area contributed by atoms with E-state index in [0.717, 1.165) is 37.1 Å². The second-order valence-corrected chi connectivity index (χ2v) is 6.64. The summed E-state index contributed by atoms with van der Waals surface area (Å²) in [4.78, 5) is 24.6. The summed E-state index contributed by atoms with van der Waals surface area (Å²) in [5.74, 6) is -1.41. The van der Waals surface area contributed by atoms with Crippen LogP contribution in [0, 0.1) is 0 Å². The fraction of sp³-hybridized carbons (Fsp3) is 0.368. The second-order valence-electron chi connectivity index (χ2n) is 6.64. The fourth-order valence-corrected chi connectivity index (χ4v) is 3.96. The molecule has 0 spiro atoms. The highest BCUT2D eigenvalue weighted by atomic mass is 16.4. The van der Waals surface area contributed by atoms with Gasteiger partial charge in [0, 0.05) is 25.1 Å². The van der Waals surface area contributed by atoms with Crippen LogP contribution in [-0.2, 0) is 16.0 Å². The van der Waals surface area contributed by atoms with Crippen LogP contribution in [-0.4, -0.2) is 51.1 Å². The van der Waals surface area contributed by atoms with Crippen LogP contribution >= 0.6 is 0 Å². The van der Waals surface area contributed by atoms with Gasteiger partial charge in [0.2, 0.25) is 0 Å². The number of carbonyl (C=O) groups is 2. The molecule has 0 bridgehead atoms. The molecule has 2 heterocycles. The topological polar surface area (TPSA) is 81.1 Å². The first-order valence-corrected chi connectivity index (χ1v) is 8.61. The van der Waals surface area contributed by atoms with Crippen molar-refractivity contribution in [2.45, 2.75) is 31.7 Å². The molecule has 0 aromatic heterocycles. The van der Waals surface area contributed by atoms with E-state index >= 15 is 0 Å². The zero-order chi connectivity index (χ0) is 17.6. The lowest BCUT2D eigenvalue weighted by molar-refractivity contribution is -0.145. The molecule has 1 aliphatic carbocycles. The summed E-state index contributed by atoms with van der Waals surface area (Å²) < 4.78 is 0. The Morgan fingerprint density at radius 1 is 1.12 bits per heavy atom. The normalized spacial score (nSPS) is 23.8. The molecule has 25 heavy (non-hydrogen) atoms. The maximum atomic E-state index is 12.7. The minimum atomic E-state index is -1.04. The molecular formula is C19H20N2O4. The number of aliphatic carboxylic acids is 1. The van der Waals surface area contributed by atoms with Gasteiger partial charge in [-0.25, -0.2) is 9.80 Å². The number of aliphatic hydroxyl groups is 1. The lowest BCUT2D eigenvalue weighted by Crippen LogP contribution is -2.51. The SMILES string of the molecule is O=C1CCc2ccccc2C2=C1C(O)=CC(C(=O)O)N2N1CCCC1. The van der Waals surface area contributed by atoms with E-state index < -0.39 is 12.0 Å². The molecule has 130 valence electrons. The van der Waals surface area contributed by atoms with E-state index in [1.54, 1.807) is 5.01 Å². The van der Waals surface area contributed by atoms with E-state index in [1.165, 1.54) is 6.08 Å². The summed E-state index contributed by atoms with van der Waals surface area (Å²) in [6.45, 7) is 1.48. The number of rotatable bonds is 2. The first-order chi connectivity index (χ1) is 12.1. The van der Waals surface area contributed by atoms with Gasteiger partial charge in [-0.15, -0.1) is 0 Å². The summed E-state index contributed by atoms with van der Waals surface area (Å²) in [7, 11) is 0. The van der Waals surface area contributed by atoms with Gasteiger partial charge in [-0.2, -0.15) is 0 Å². The van der Waals surface area contributed by atoms with E-state index in [2.05, 4.69) is 0 Å². The van der Waals surface area contributed by atoms with Gasteiger partial charge in [0.15, 0.2) is 11.8 Å². The number of carboxylic acid groups (broad SMARTS) is 1. The Kier molecular flexibility index (Phi) is 3.84. The van der Waals surface area contributed by atoms with Gasteiger partial charge < -0.3 is 10.2 Å². The van der Waals surface area contributed by atoms with Gasteiger partial charge >= 0.3 is 5.97 Å². The van der Waals surface area contributed by atoms with Crippen molar-refractivity contribution >= 4 is 17.4 Å². The lowest BCUT2D eigenvalue weighted by Gasteiger charge is -2.41. The summed E-state index contributed by atoms with van der Waals surface area (Å²) in [6.07, 6.45) is 4.14. The Labute approximate surface area is 145 Å². The van der Waals surface area contributed by atoms with Crippen LogP contribution in [0.25, 0.3) is 5.70 Å². The highest BCUT2D eigenvalue weighted by Crippen LogP contribution is 2.40. The average Bonchev–Trinajstić information content (AvgIpc) is 3.08. The van der Waals surface area contributed by atoms with E-state index in [-0.39, 0.29) is 17.1 Å². The quantitative estimate of drug-likeness (QED) is 0.858. The smallest absolute Gasteiger partial charge is 0.332 e. The van der Waals surface area contributed by atoms with Gasteiger partial charge in [-0.1, -0.05) is 24.3 Å². The molecule has 1 aromatic carbocycles. The van der Waals surface area contributed by atoms with E-state index in [9.17, 15) is 19.8 Å². The van der Waals surface area contributed by atoms with E-state index in [0.29, 0.717) is 18.5 Å². The minimum Gasteiger partial charge on any atom is -0.507 e. The first-order valence-electron chi connectivity index (χ1n) is 8.61. The van der Waals surface area contributed by atoms with Crippen molar-refractivity contribution in [2.24, 2.45) is 0 Å². The molecule has 0 amide bonds. The summed E-state index contributed by atoms with van der Waals surface area (Å²) in [6, 6.07) is 6.65. The van der Waals surface area contributed by atoms with Crippen LogP contribution in [0.1, 0.15) is 30.4 Å². The molecule has 4 rings (SSSR count). The molecule has 6 nitrogen and oxygen atoms in total. The zero-order valence-corrected chi connectivity index (χ0v) is 13.8. The van der Waals surface area contributed by atoms with Crippen molar-refractivity contribution in [1.82, 2.24) is 10.0 Å². The predicted molar refractivity (Wildman–Crippen MR) is 91.5 cm³/mol. The molecular weight excluding hydrogens is 320 g/mol. The number of aliphatic hydroxyl groups excluding tert-OH is 1. The summed E-state index contributed by atoms with van der Waals surface area (Å²) in [5.41, 5.74) is 2.62. The third-order valence-corrected chi connectivity index (χ3v) is 5.11. The second kappa shape index (κ2) is 6.04. The standard InChI is InChI=1S/C19H20N2O4/c22-15-8-7-12-5-1-2-6-13(12)18-17(15)16(23)11-14(19(24)25)21(18)20-9-3-4-10-20/h1-2,5-6,11,14,23H,3-4,7-10H2,(H,24,25). The monoisotopic (exact) mass is 340 g/mol. The van der Waals surface area contributed by atoms with Gasteiger partial charge in [0.05, 0.1) is 11.3 Å². The summed E-state index contributed by atoms with van der Waals surface area (Å²) >= 11 is 0. The van der Waals surface area contributed by atoms with Crippen molar-refractivity contribution < 1.29 is 19.8 Å². The molecule has 6 heteroatoms. The van der Waals surface area contributed by atoms with Crippen LogP contribution in [0.15, 0.2) is 41.7 Å². The maximum absolute atomic E-state index is 12.7. The number of aryl methyl sites for hydroxylation is 1. The number of benzene rings is 1. The number of fused-ring (bicyclic) bond motifs is 2. The number of hydrogen-bond donors (Lipinski definition) is 2. The Hall–Kier alpha value is -2.60. The molecule has 3 aliphatic rings. The number of nitrogens with zero attached hydrogens (tertiary/aromatic N) is 2. The van der Waals surface area contributed by atoms with Crippen molar-refractivity contribution in [3.8, 4) is 0 Å². The van der Waals surface area contributed by atoms with Gasteiger partial charge in [0.1, 0.15) is 5.76 Å². The number of hydrazine groups is 1. The van der Waals surface area contributed by atoms with Gasteiger partial charge in [-0.3, -0.25) is 9.80 Å². The Bertz CT molecular complexity index is 805. The molecule has 1 unspecified atom stereocenters. The largest absolute Gasteiger partial charge is 0.507 e. The number of Topliss-reactive ketones (excluding diaryl/α,β-unsaturated/α-hetero) is 1. The van der Waals surface area contributed by atoms with Gasteiger partial charge in [-0.05, 0) is 30.9 Å². The third-order valence-electron chi connectivity index (χ3n) is 5.11. The van der Waals surface area contributed by atoms with Crippen LogP contribution in [0.2, 0.25) is 0 Å². The van der Waals surface area contributed by atoms with Crippen molar-refractivity contribution in [3.63, 3.8) is 0 Å². The number of allylic oxidation sites excluding steroid dienone is 1. The van der Waals surface area contributed by atoms with Crippen molar-refractivity contribution in [3.05, 3.63) is 52.8 Å². The summed E-state index contributed by atoms with van der Waals surface area (Å²) in [5, 5.41) is 23.9. The van der Waals surface area contributed by atoms with Crippen LogP contribution in [0.3, 0.4) is 0 Å². The molecule has 1 saturated heterocycles. The lowest BCUT2D eigenvalue weighted by atomic mass is 9.95. The van der Waals surface area contributed by atoms with E-state index in [1.807, 2.05) is 29.3 Å². The highest BCUT2D eigenvalue weighted by Gasteiger charge is 2.41. The third kappa shape index (κ3) is 2.53. The van der Waals surface area contributed by atoms with Gasteiger partial charge in [0.25, 0.3) is 0 Å². The average molecular weight is 340 g/mol. The zero-order valence-electron chi connectivity index (χ0n) is 13.8. The molecule has 1 aromatic rings. The fourth-order valence-electron chi connectivity index (χ4n) is 3.96. The van der Waals surface area contributed by atoms with Crippen LogP contribution in [0.4, 0.5) is 0 Å². The molecule has 0 radical (unpaired) electrons. The Morgan fingerprint density at radius 2 is 1.84 bits per heavy atom. The predicted octanol–water partition coefficient (Wildman–Crippen LogP) is 2.13. The molecule has 2 aliphatic heterocycles. The highest BCUT2D eigenvalue weighted by molar-refractivity contribution is 6.08. The number of hydrogen-bond acceptors (Lipinski definition) is 5. The molecule has 2 N–H and O–H groups in total. The molecule has 0 saturated carbocycles. The van der Waals surface area contributed by atoms with Crippen molar-refractivity contribution in [1.29, 1.82) is 0 Å². The number of carbonyl (C=O) groups excluding carboxylic acids is 1. The van der Waals surface area contributed by atoms with Crippen LogP contribution in [0.5, 0.6) is 0 Å². The Balaban J connectivity index is 1.97. The van der Waals surface area contributed by atoms with Crippen molar-refractivity contribution in [2.75, 3.05) is 13.1 Å².